The van der Waals surface area contributed by atoms with Crippen molar-refractivity contribution in [2.45, 2.75) is 6.04 Å². The standard InChI is InChI=1S/C16H19N3O/c1-20-10-9-19-15(11-18-16(19)17)14-8-4-6-12-5-2-3-7-13(12)14/h2-8,15H,9-11H2,1H3,(H2,17,18). The van der Waals surface area contributed by atoms with Gasteiger partial charge in [0.1, 0.15) is 0 Å². The lowest BCUT2D eigenvalue weighted by molar-refractivity contribution is 0.167. The second kappa shape index (κ2) is 5.51. The largest absolute Gasteiger partial charge is 0.383 e. The van der Waals surface area contributed by atoms with Crippen molar-refractivity contribution in [2.75, 3.05) is 26.8 Å². The molecule has 1 unspecified atom stereocenters. The molecule has 0 spiro atoms. The van der Waals surface area contributed by atoms with Crippen LogP contribution in [0.25, 0.3) is 10.8 Å². The average Bonchev–Trinajstić information content (AvgIpc) is 2.85. The minimum atomic E-state index is 0.205. The number of fused-ring (bicyclic) bond motifs is 1. The van der Waals surface area contributed by atoms with Crippen molar-refractivity contribution < 1.29 is 4.74 Å². The summed E-state index contributed by atoms with van der Waals surface area (Å²) >= 11 is 0. The molecule has 0 aliphatic carbocycles. The predicted molar refractivity (Wildman–Crippen MR) is 81.8 cm³/mol. The monoisotopic (exact) mass is 269 g/mol. The molecule has 0 amide bonds. The molecule has 0 fully saturated rings. The van der Waals surface area contributed by atoms with Crippen molar-refractivity contribution in [2.24, 2.45) is 10.7 Å². The summed E-state index contributed by atoms with van der Waals surface area (Å²) in [6, 6.07) is 15.0. The van der Waals surface area contributed by atoms with E-state index < -0.39 is 0 Å². The minimum Gasteiger partial charge on any atom is -0.383 e. The first kappa shape index (κ1) is 12.9. The van der Waals surface area contributed by atoms with Crippen LogP contribution in [0.15, 0.2) is 47.5 Å². The maximum atomic E-state index is 6.01. The zero-order chi connectivity index (χ0) is 13.9. The number of hydrogen-bond donors (Lipinski definition) is 1. The van der Waals surface area contributed by atoms with Gasteiger partial charge in [-0.3, -0.25) is 4.99 Å². The Morgan fingerprint density at radius 3 is 2.90 bits per heavy atom. The molecule has 104 valence electrons. The fourth-order valence-electron chi connectivity index (χ4n) is 2.80. The Morgan fingerprint density at radius 2 is 2.05 bits per heavy atom. The molecule has 1 aliphatic rings. The molecule has 4 heteroatoms. The van der Waals surface area contributed by atoms with Crippen LogP contribution in [-0.4, -0.2) is 37.7 Å². The fraction of sp³-hybridized carbons (Fsp3) is 0.312. The summed E-state index contributed by atoms with van der Waals surface area (Å²) in [5.74, 6) is 0.611. The van der Waals surface area contributed by atoms with Gasteiger partial charge in [-0.2, -0.15) is 0 Å². The van der Waals surface area contributed by atoms with E-state index in [-0.39, 0.29) is 6.04 Å². The summed E-state index contributed by atoms with van der Waals surface area (Å²) in [6.07, 6.45) is 0. The zero-order valence-electron chi connectivity index (χ0n) is 11.6. The first-order valence-corrected chi connectivity index (χ1v) is 6.84. The lowest BCUT2D eigenvalue weighted by Crippen LogP contribution is -2.38. The minimum absolute atomic E-state index is 0.205. The van der Waals surface area contributed by atoms with Gasteiger partial charge in [0, 0.05) is 13.7 Å². The van der Waals surface area contributed by atoms with Crippen LogP contribution < -0.4 is 5.73 Å². The van der Waals surface area contributed by atoms with Crippen molar-refractivity contribution in [3.8, 4) is 0 Å². The number of benzene rings is 2. The van der Waals surface area contributed by atoms with Gasteiger partial charge in [0.25, 0.3) is 0 Å². The third-order valence-corrected chi connectivity index (χ3v) is 3.82. The summed E-state index contributed by atoms with van der Waals surface area (Å²) in [5, 5.41) is 2.52. The van der Waals surface area contributed by atoms with E-state index in [1.54, 1.807) is 7.11 Å². The maximum Gasteiger partial charge on any atom is 0.192 e. The van der Waals surface area contributed by atoms with Crippen molar-refractivity contribution in [3.63, 3.8) is 0 Å². The van der Waals surface area contributed by atoms with Gasteiger partial charge in [-0.15, -0.1) is 0 Å². The maximum absolute atomic E-state index is 6.01. The van der Waals surface area contributed by atoms with Crippen LogP contribution in [0, 0.1) is 0 Å². The highest BCUT2D eigenvalue weighted by atomic mass is 16.5. The first-order chi connectivity index (χ1) is 9.81. The van der Waals surface area contributed by atoms with Crippen LogP contribution in [0.4, 0.5) is 0 Å². The van der Waals surface area contributed by atoms with Crippen molar-refractivity contribution in [1.29, 1.82) is 0 Å². The number of nitrogens with two attached hydrogens (primary N) is 1. The van der Waals surface area contributed by atoms with Gasteiger partial charge < -0.3 is 15.4 Å². The van der Waals surface area contributed by atoms with Crippen LogP contribution in [0.2, 0.25) is 0 Å². The Bertz CT molecular complexity index is 633. The second-order valence-electron chi connectivity index (χ2n) is 4.97. The van der Waals surface area contributed by atoms with Crippen molar-refractivity contribution in [3.05, 3.63) is 48.0 Å². The molecular weight excluding hydrogens is 250 g/mol. The molecule has 0 bridgehead atoms. The molecule has 2 N–H and O–H groups in total. The lowest BCUT2D eigenvalue weighted by Gasteiger charge is -2.27. The number of ether oxygens (including phenoxy) is 1. The molecule has 0 aromatic heterocycles. The van der Waals surface area contributed by atoms with Crippen molar-refractivity contribution in [1.82, 2.24) is 4.90 Å². The van der Waals surface area contributed by atoms with Crippen LogP contribution in [0.3, 0.4) is 0 Å². The summed E-state index contributed by atoms with van der Waals surface area (Å²) in [5.41, 5.74) is 7.29. The molecule has 1 atom stereocenters. The van der Waals surface area contributed by atoms with Crippen molar-refractivity contribution >= 4 is 16.7 Å². The molecule has 0 radical (unpaired) electrons. The van der Waals surface area contributed by atoms with E-state index in [9.17, 15) is 0 Å². The molecule has 1 heterocycles. The Kier molecular flexibility index (Phi) is 3.56. The number of rotatable bonds is 4. The van der Waals surface area contributed by atoms with Crippen LogP contribution >= 0.6 is 0 Å². The smallest absolute Gasteiger partial charge is 0.192 e. The normalized spacial score (nSPS) is 18.6. The van der Waals surface area contributed by atoms with E-state index >= 15 is 0 Å². The molecule has 2 aromatic rings. The molecule has 0 saturated heterocycles. The highest BCUT2D eigenvalue weighted by Crippen LogP contribution is 2.31. The Morgan fingerprint density at radius 1 is 1.25 bits per heavy atom. The average molecular weight is 269 g/mol. The van der Waals surface area contributed by atoms with Crippen LogP contribution in [-0.2, 0) is 4.74 Å². The highest BCUT2D eigenvalue weighted by Gasteiger charge is 2.28. The third-order valence-electron chi connectivity index (χ3n) is 3.82. The van der Waals surface area contributed by atoms with Crippen LogP contribution in [0.5, 0.6) is 0 Å². The first-order valence-electron chi connectivity index (χ1n) is 6.84. The van der Waals surface area contributed by atoms with E-state index in [1.807, 2.05) is 0 Å². The van der Waals surface area contributed by atoms with E-state index in [4.69, 9.17) is 10.5 Å². The molecule has 4 nitrogen and oxygen atoms in total. The van der Waals surface area contributed by atoms with Gasteiger partial charge in [0.05, 0.1) is 19.2 Å². The van der Waals surface area contributed by atoms with E-state index in [0.29, 0.717) is 19.1 Å². The van der Waals surface area contributed by atoms with E-state index in [0.717, 1.165) is 6.54 Å². The van der Waals surface area contributed by atoms with Gasteiger partial charge in [-0.05, 0) is 16.3 Å². The fourth-order valence-corrected chi connectivity index (χ4v) is 2.80. The number of methoxy groups -OCH3 is 1. The Hall–Kier alpha value is -2.07. The zero-order valence-corrected chi connectivity index (χ0v) is 11.6. The molecule has 1 aliphatic heterocycles. The quantitative estimate of drug-likeness (QED) is 0.925. The SMILES string of the molecule is COCCN1C(N)=NCC1c1cccc2ccccc12. The topological polar surface area (TPSA) is 50.9 Å². The van der Waals surface area contributed by atoms with Gasteiger partial charge in [0.15, 0.2) is 5.96 Å². The molecule has 0 saturated carbocycles. The predicted octanol–water partition coefficient (Wildman–Crippen LogP) is 2.16. The van der Waals surface area contributed by atoms with Crippen LogP contribution in [0.1, 0.15) is 11.6 Å². The molecule has 3 rings (SSSR count). The number of nitrogens with zero attached hydrogens (tertiary/aromatic N) is 2. The van der Waals surface area contributed by atoms with Gasteiger partial charge >= 0.3 is 0 Å². The second-order valence-corrected chi connectivity index (χ2v) is 4.97. The Labute approximate surface area is 118 Å². The number of guanidine groups is 1. The third kappa shape index (κ3) is 2.23. The molecular formula is C16H19N3O. The summed E-state index contributed by atoms with van der Waals surface area (Å²) in [4.78, 5) is 6.53. The summed E-state index contributed by atoms with van der Waals surface area (Å²) in [7, 11) is 1.70. The molecule has 20 heavy (non-hydrogen) atoms. The summed E-state index contributed by atoms with van der Waals surface area (Å²) in [6.45, 7) is 2.13. The van der Waals surface area contributed by atoms with E-state index in [2.05, 4.69) is 52.4 Å². The molecule has 2 aromatic carbocycles. The van der Waals surface area contributed by atoms with Gasteiger partial charge in [-0.25, -0.2) is 0 Å². The Balaban J connectivity index is 1.98. The lowest BCUT2D eigenvalue weighted by atomic mass is 9.98. The highest BCUT2D eigenvalue weighted by molar-refractivity contribution is 5.88. The number of aliphatic imine (C=N–C) groups is 1. The summed E-state index contributed by atoms with van der Waals surface area (Å²) < 4.78 is 5.17. The van der Waals surface area contributed by atoms with Gasteiger partial charge in [0.2, 0.25) is 0 Å². The van der Waals surface area contributed by atoms with Gasteiger partial charge in [-0.1, -0.05) is 42.5 Å². The number of hydrogen-bond acceptors (Lipinski definition) is 4. The van der Waals surface area contributed by atoms with E-state index in [1.165, 1.54) is 16.3 Å².